The zero-order chi connectivity index (χ0) is 13.8. The van der Waals surface area contributed by atoms with E-state index in [-0.39, 0.29) is 12.0 Å². The first-order valence-electron chi connectivity index (χ1n) is 6.90. The summed E-state index contributed by atoms with van der Waals surface area (Å²) in [6, 6.07) is 0.132. The van der Waals surface area contributed by atoms with Crippen LogP contribution in [0.15, 0.2) is 0 Å². The van der Waals surface area contributed by atoms with E-state index < -0.39 is 17.8 Å². The van der Waals surface area contributed by atoms with Gasteiger partial charge >= 0.3 is 17.8 Å². The summed E-state index contributed by atoms with van der Waals surface area (Å²) < 4.78 is 0. The molecule has 0 aromatic heterocycles. The van der Waals surface area contributed by atoms with Crippen molar-refractivity contribution in [3.05, 3.63) is 0 Å². The molecule has 0 aromatic rings. The molecule has 0 spiro atoms. The van der Waals surface area contributed by atoms with Gasteiger partial charge in [0.2, 0.25) is 0 Å². The summed E-state index contributed by atoms with van der Waals surface area (Å²) >= 11 is 0. The first kappa shape index (κ1) is 13.8. The molecule has 2 amide bonds. The Labute approximate surface area is 112 Å². The Bertz CT molecular complexity index is 369. The molecule has 6 nitrogen and oxygen atoms in total. The monoisotopic (exact) mass is 268 g/mol. The molecule has 0 aromatic carbocycles. The van der Waals surface area contributed by atoms with Gasteiger partial charge in [-0.2, -0.15) is 0 Å². The van der Waals surface area contributed by atoms with E-state index in [9.17, 15) is 14.4 Å². The molecule has 0 bridgehead atoms. The Morgan fingerprint density at radius 1 is 1.00 bits per heavy atom. The number of nitrogens with zero attached hydrogens (tertiary/aromatic N) is 1. The predicted molar refractivity (Wildman–Crippen MR) is 67.3 cm³/mol. The van der Waals surface area contributed by atoms with Crippen molar-refractivity contribution in [1.29, 1.82) is 0 Å². The van der Waals surface area contributed by atoms with Crippen molar-refractivity contribution in [3.8, 4) is 0 Å². The fraction of sp³-hybridized carbons (Fsp3) is 0.769. The zero-order valence-corrected chi connectivity index (χ0v) is 10.9. The SMILES string of the molecule is O=C(NC1CCCC1)C(=O)N1CCC(C(=O)O)CC1. The molecule has 106 valence electrons. The van der Waals surface area contributed by atoms with Crippen molar-refractivity contribution in [2.75, 3.05) is 13.1 Å². The molecule has 19 heavy (non-hydrogen) atoms. The number of nitrogens with one attached hydrogen (secondary N) is 1. The molecule has 6 heteroatoms. The van der Waals surface area contributed by atoms with E-state index >= 15 is 0 Å². The average molecular weight is 268 g/mol. The van der Waals surface area contributed by atoms with Crippen molar-refractivity contribution in [3.63, 3.8) is 0 Å². The van der Waals surface area contributed by atoms with Gasteiger partial charge in [0.15, 0.2) is 0 Å². The van der Waals surface area contributed by atoms with E-state index in [2.05, 4.69) is 5.32 Å². The highest BCUT2D eigenvalue weighted by atomic mass is 16.4. The second-order valence-corrected chi connectivity index (χ2v) is 5.36. The van der Waals surface area contributed by atoms with Gasteiger partial charge in [-0.15, -0.1) is 0 Å². The second kappa shape index (κ2) is 6.04. The summed E-state index contributed by atoms with van der Waals surface area (Å²) in [5.74, 6) is -2.26. The molecular formula is C13H20N2O4. The van der Waals surface area contributed by atoms with Crippen molar-refractivity contribution >= 4 is 17.8 Å². The van der Waals surface area contributed by atoms with Crippen LogP contribution in [0.25, 0.3) is 0 Å². The third-order valence-corrected chi connectivity index (χ3v) is 4.02. The molecule has 1 saturated heterocycles. The number of amides is 2. The normalized spacial score (nSPS) is 21.4. The van der Waals surface area contributed by atoms with Crippen LogP contribution >= 0.6 is 0 Å². The zero-order valence-electron chi connectivity index (χ0n) is 10.9. The Morgan fingerprint density at radius 2 is 1.58 bits per heavy atom. The number of aliphatic carboxylic acids is 1. The summed E-state index contributed by atoms with van der Waals surface area (Å²) in [4.78, 5) is 36.0. The van der Waals surface area contributed by atoms with Gasteiger partial charge in [-0.05, 0) is 25.7 Å². The van der Waals surface area contributed by atoms with E-state index in [0.29, 0.717) is 25.9 Å². The van der Waals surface area contributed by atoms with E-state index in [1.165, 1.54) is 4.90 Å². The van der Waals surface area contributed by atoms with Crippen molar-refractivity contribution in [2.24, 2.45) is 5.92 Å². The molecule has 0 radical (unpaired) electrons. The highest BCUT2D eigenvalue weighted by Crippen LogP contribution is 2.19. The molecule has 1 aliphatic heterocycles. The van der Waals surface area contributed by atoms with Crippen LogP contribution in [0.3, 0.4) is 0 Å². The van der Waals surface area contributed by atoms with Crippen LogP contribution < -0.4 is 5.32 Å². The smallest absolute Gasteiger partial charge is 0.311 e. The fourth-order valence-corrected chi connectivity index (χ4v) is 2.79. The van der Waals surface area contributed by atoms with Gasteiger partial charge in [0, 0.05) is 19.1 Å². The van der Waals surface area contributed by atoms with Crippen LogP contribution in [0.4, 0.5) is 0 Å². The van der Waals surface area contributed by atoms with Gasteiger partial charge in [-0.1, -0.05) is 12.8 Å². The molecule has 0 atom stereocenters. The molecule has 2 rings (SSSR count). The lowest BCUT2D eigenvalue weighted by atomic mass is 9.97. The average Bonchev–Trinajstić information content (AvgIpc) is 2.90. The van der Waals surface area contributed by atoms with Crippen LogP contribution in [0.2, 0.25) is 0 Å². The van der Waals surface area contributed by atoms with Crippen molar-refractivity contribution in [2.45, 2.75) is 44.6 Å². The van der Waals surface area contributed by atoms with Crippen molar-refractivity contribution in [1.82, 2.24) is 10.2 Å². The minimum atomic E-state index is -0.817. The lowest BCUT2D eigenvalue weighted by Crippen LogP contribution is -2.49. The number of likely N-dealkylation sites (tertiary alicyclic amines) is 1. The Morgan fingerprint density at radius 3 is 2.11 bits per heavy atom. The van der Waals surface area contributed by atoms with Gasteiger partial charge in [-0.3, -0.25) is 14.4 Å². The lowest BCUT2D eigenvalue weighted by molar-refractivity contribution is -0.149. The molecule has 2 aliphatic rings. The van der Waals surface area contributed by atoms with Gasteiger partial charge in [0.1, 0.15) is 0 Å². The maximum Gasteiger partial charge on any atom is 0.311 e. The predicted octanol–water partition coefficient (Wildman–Crippen LogP) is 0.368. The van der Waals surface area contributed by atoms with Gasteiger partial charge in [-0.25, -0.2) is 0 Å². The Kier molecular flexibility index (Phi) is 4.39. The lowest BCUT2D eigenvalue weighted by Gasteiger charge is -2.29. The third-order valence-electron chi connectivity index (χ3n) is 4.02. The van der Waals surface area contributed by atoms with Crippen LogP contribution in [0, 0.1) is 5.92 Å². The molecule has 1 aliphatic carbocycles. The maximum atomic E-state index is 11.9. The van der Waals surface area contributed by atoms with E-state index in [1.54, 1.807) is 0 Å². The standard InChI is InChI=1S/C13H20N2O4/c16-11(14-10-3-1-2-4-10)12(17)15-7-5-9(6-8-15)13(18)19/h9-10H,1-8H2,(H,14,16)(H,18,19). The third kappa shape index (κ3) is 3.45. The summed E-state index contributed by atoms with van der Waals surface area (Å²) in [5, 5.41) is 11.6. The minimum Gasteiger partial charge on any atom is -0.481 e. The Hall–Kier alpha value is -1.59. The maximum absolute atomic E-state index is 11.9. The van der Waals surface area contributed by atoms with Crippen LogP contribution in [0.1, 0.15) is 38.5 Å². The van der Waals surface area contributed by atoms with Crippen molar-refractivity contribution < 1.29 is 19.5 Å². The number of rotatable bonds is 2. The quantitative estimate of drug-likeness (QED) is 0.708. The molecule has 2 fully saturated rings. The largest absolute Gasteiger partial charge is 0.481 e. The van der Waals surface area contributed by atoms with E-state index in [1.807, 2.05) is 0 Å². The number of carboxylic acid groups (broad SMARTS) is 1. The fourth-order valence-electron chi connectivity index (χ4n) is 2.79. The number of piperidine rings is 1. The second-order valence-electron chi connectivity index (χ2n) is 5.36. The minimum absolute atomic E-state index is 0.132. The van der Waals surface area contributed by atoms with Gasteiger partial charge in [0.05, 0.1) is 5.92 Å². The highest BCUT2D eigenvalue weighted by Gasteiger charge is 2.31. The summed E-state index contributed by atoms with van der Waals surface area (Å²) in [7, 11) is 0. The first-order valence-corrected chi connectivity index (χ1v) is 6.90. The molecule has 2 N–H and O–H groups in total. The number of carbonyl (C=O) groups excluding carboxylic acids is 2. The van der Waals surface area contributed by atoms with Gasteiger partial charge < -0.3 is 15.3 Å². The van der Waals surface area contributed by atoms with E-state index in [0.717, 1.165) is 25.7 Å². The van der Waals surface area contributed by atoms with Gasteiger partial charge in [0.25, 0.3) is 0 Å². The molecule has 1 heterocycles. The van der Waals surface area contributed by atoms with Crippen LogP contribution in [0.5, 0.6) is 0 Å². The summed E-state index contributed by atoms with van der Waals surface area (Å²) in [5.41, 5.74) is 0. The van der Waals surface area contributed by atoms with Crippen LogP contribution in [-0.4, -0.2) is 46.9 Å². The molecule has 0 unspecified atom stereocenters. The summed E-state index contributed by atoms with van der Waals surface area (Å²) in [6.45, 7) is 0.710. The summed E-state index contributed by atoms with van der Waals surface area (Å²) in [6.07, 6.45) is 4.95. The van der Waals surface area contributed by atoms with Crippen LogP contribution in [-0.2, 0) is 14.4 Å². The number of carbonyl (C=O) groups is 3. The Balaban J connectivity index is 1.80. The highest BCUT2D eigenvalue weighted by molar-refractivity contribution is 6.35. The number of hydrogen-bond acceptors (Lipinski definition) is 3. The first-order chi connectivity index (χ1) is 9.08. The van der Waals surface area contributed by atoms with E-state index in [4.69, 9.17) is 5.11 Å². The topological polar surface area (TPSA) is 86.7 Å². The molecule has 1 saturated carbocycles. The number of carboxylic acids is 1. The molecular weight excluding hydrogens is 248 g/mol. The number of hydrogen-bond donors (Lipinski definition) is 2.